The van der Waals surface area contributed by atoms with Gasteiger partial charge in [-0.25, -0.2) is 0 Å². The summed E-state index contributed by atoms with van der Waals surface area (Å²) in [5.41, 5.74) is 4.05. The molecular weight excluding hydrogens is 180 g/mol. The van der Waals surface area contributed by atoms with Gasteiger partial charge >= 0.3 is 0 Å². The van der Waals surface area contributed by atoms with Crippen LogP contribution in [0.15, 0.2) is 11.8 Å². The largest absolute Gasteiger partial charge is 0.501 e. The Morgan fingerprint density at radius 3 is 3.14 bits per heavy atom. The molecule has 1 heterocycles. The topological polar surface area (TPSA) is 56.5 Å². The summed E-state index contributed by atoms with van der Waals surface area (Å²) in [5.74, 6) is 5.48. The molecule has 1 atom stereocenters. The highest BCUT2D eigenvalue weighted by molar-refractivity contribution is 5.09. The van der Waals surface area contributed by atoms with Crippen molar-refractivity contribution >= 4 is 0 Å². The van der Waals surface area contributed by atoms with Gasteiger partial charge in [0.2, 0.25) is 0 Å². The maximum absolute atomic E-state index is 5.48. The highest BCUT2D eigenvalue weighted by Crippen LogP contribution is 2.17. The maximum atomic E-state index is 5.48. The van der Waals surface area contributed by atoms with E-state index in [-0.39, 0.29) is 6.04 Å². The molecule has 1 aliphatic rings. The summed E-state index contributed by atoms with van der Waals surface area (Å²) in [4.78, 5) is 0. The molecular formula is C10H20N2O2. The smallest absolute Gasteiger partial charge is 0.0876 e. The van der Waals surface area contributed by atoms with Crippen molar-refractivity contribution in [2.45, 2.75) is 32.2 Å². The van der Waals surface area contributed by atoms with E-state index >= 15 is 0 Å². The molecule has 1 unspecified atom stereocenters. The first kappa shape index (κ1) is 11.5. The van der Waals surface area contributed by atoms with Crippen LogP contribution in [0.2, 0.25) is 0 Å². The molecule has 1 aliphatic heterocycles. The fraction of sp³-hybridized carbons (Fsp3) is 0.800. The van der Waals surface area contributed by atoms with Crippen LogP contribution in [0.5, 0.6) is 0 Å². The first-order chi connectivity index (χ1) is 6.88. The zero-order valence-corrected chi connectivity index (χ0v) is 8.79. The SMILES string of the molecule is CCOCCC(NN)C1=COCCC1. The van der Waals surface area contributed by atoms with Crippen molar-refractivity contribution in [3.05, 3.63) is 11.8 Å². The number of nitrogens with two attached hydrogens (primary N) is 1. The van der Waals surface area contributed by atoms with Gasteiger partial charge in [-0.3, -0.25) is 11.3 Å². The van der Waals surface area contributed by atoms with Gasteiger partial charge in [-0.15, -0.1) is 0 Å². The zero-order valence-electron chi connectivity index (χ0n) is 8.79. The van der Waals surface area contributed by atoms with Crippen molar-refractivity contribution in [1.82, 2.24) is 5.43 Å². The van der Waals surface area contributed by atoms with E-state index in [1.54, 1.807) is 0 Å². The van der Waals surface area contributed by atoms with Crippen LogP contribution < -0.4 is 11.3 Å². The second-order valence-corrected chi connectivity index (χ2v) is 3.37. The van der Waals surface area contributed by atoms with Crippen molar-refractivity contribution in [2.24, 2.45) is 5.84 Å². The predicted octanol–water partition coefficient (Wildman–Crippen LogP) is 0.939. The van der Waals surface area contributed by atoms with Crippen LogP contribution in [-0.4, -0.2) is 25.9 Å². The highest BCUT2D eigenvalue weighted by atomic mass is 16.5. The molecule has 4 heteroatoms. The van der Waals surface area contributed by atoms with Gasteiger partial charge in [0.1, 0.15) is 0 Å². The van der Waals surface area contributed by atoms with Crippen molar-refractivity contribution in [3.63, 3.8) is 0 Å². The Hall–Kier alpha value is -0.580. The third-order valence-electron chi connectivity index (χ3n) is 2.37. The fourth-order valence-electron chi connectivity index (χ4n) is 1.56. The minimum Gasteiger partial charge on any atom is -0.501 e. The number of hydrogen-bond acceptors (Lipinski definition) is 4. The normalized spacial score (nSPS) is 18.6. The molecule has 4 nitrogen and oxygen atoms in total. The minimum absolute atomic E-state index is 0.196. The Morgan fingerprint density at radius 2 is 2.57 bits per heavy atom. The molecule has 0 spiro atoms. The summed E-state index contributed by atoms with van der Waals surface area (Å²) in [7, 11) is 0. The summed E-state index contributed by atoms with van der Waals surface area (Å²) < 4.78 is 10.6. The lowest BCUT2D eigenvalue weighted by Crippen LogP contribution is -2.38. The molecule has 1 rings (SSSR count). The van der Waals surface area contributed by atoms with Gasteiger partial charge in [-0.05, 0) is 31.8 Å². The van der Waals surface area contributed by atoms with E-state index in [9.17, 15) is 0 Å². The summed E-state index contributed by atoms with van der Waals surface area (Å²) in [6, 6.07) is 0.196. The molecule has 0 aromatic heterocycles. The van der Waals surface area contributed by atoms with Gasteiger partial charge in [0.05, 0.1) is 12.9 Å². The van der Waals surface area contributed by atoms with E-state index in [2.05, 4.69) is 5.43 Å². The Labute approximate surface area is 85.4 Å². The van der Waals surface area contributed by atoms with E-state index in [1.807, 2.05) is 13.2 Å². The van der Waals surface area contributed by atoms with Crippen molar-refractivity contribution in [1.29, 1.82) is 0 Å². The Kier molecular flexibility index (Phi) is 5.59. The highest BCUT2D eigenvalue weighted by Gasteiger charge is 2.15. The average molecular weight is 200 g/mol. The lowest BCUT2D eigenvalue weighted by molar-refractivity contribution is 0.137. The van der Waals surface area contributed by atoms with Gasteiger partial charge in [0, 0.05) is 19.3 Å². The first-order valence-corrected chi connectivity index (χ1v) is 5.23. The van der Waals surface area contributed by atoms with Crippen LogP contribution >= 0.6 is 0 Å². The number of rotatable bonds is 6. The molecule has 0 saturated heterocycles. The predicted molar refractivity (Wildman–Crippen MR) is 55.5 cm³/mol. The number of nitrogens with one attached hydrogen (secondary N) is 1. The number of ether oxygens (including phenoxy) is 2. The van der Waals surface area contributed by atoms with Crippen molar-refractivity contribution < 1.29 is 9.47 Å². The third kappa shape index (κ3) is 3.65. The van der Waals surface area contributed by atoms with Crippen LogP contribution in [-0.2, 0) is 9.47 Å². The molecule has 82 valence electrons. The molecule has 0 amide bonds. The molecule has 0 aromatic rings. The van der Waals surface area contributed by atoms with Crippen LogP contribution in [0.1, 0.15) is 26.2 Å². The van der Waals surface area contributed by atoms with E-state index < -0.39 is 0 Å². The molecule has 0 bridgehead atoms. The fourth-order valence-corrected chi connectivity index (χ4v) is 1.56. The van der Waals surface area contributed by atoms with Gasteiger partial charge in [-0.2, -0.15) is 0 Å². The molecule has 0 aromatic carbocycles. The summed E-state index contributed by atoms with van der Waals surface area (Å²) in [6.45, 7) is 4.32. The van der Waals surface area contributed by atoms with Crippen LogP contribution in [0, 0.1) is 0 Å². The minimum atomic E-state index is 0.196. The molecule has 0 radical (unpaired) electrons. The lowest BCUT2D eigenvalue weighted by atomic mass is 10.0. The maximum Gasteiger partial charge on any atom is 0.0876 e. The van der Waals surface area contributed by atoms with Crippen LogP contribution in [0.4, 0.5) is 0 Å². The molecule has 0 fully saturated rings. The van der Waals surface area contributed by atoms with Crippen LogP contribution in [0.25, 0.3) is 0 Å². The van der Waals surface area contributed by atoms with E-state index in [1.165, 1.54) is 5.57 Å². The summed E-state index contributed by atoms with van der Waals surface area (Å²) in [5, 5.41) is 0. The second kappa shape index (κ2) is 6.81. The van der Waals surface area contributed by atoms with Crippen molar-refractivity contribution in [2.75, 3.05) is 19.8 Å². The zero-order chi connectivity index (χ0) is 10.2. The average Bonchev–Trinajstić information content (AvgIpc) is 2.26. The van der Waals surface area contributed by atoms with Gasteiger partial charge in [-0.1, -0.05) is 0 Å². The van der Waals surface area contributed by atoms with Crippen molar-refractivity contribution in [3.8, 4) is 0 Å². The molecule has 0 saturated carbocycles. The summed E-state index contributed by atoms with van der Waals surface area (Å²) >= 11 is 0. The number of hydrogen-bond donors (Lipinski definition) is 2. The van der Waals surface area contributed by atoms with Crippen LogP contribution in [0.3, 0.4) is 0 Å². The Bertz CT molecular complexity index is 183. The Morgan fingerprint density at radius 1 is 1.71 bits per heavy atom. The van der Waals surface area contributed by atoms with E-state index in [0.717, 1.165) is 39.1 Å². The number of hydrazine groups is 1. The molecule has 14 heavy (non-hydrogen) atoms. The quantitative estimate of drug-likeness (QED) is 0.380. The van der Waals surface area contributed by atoms with Gasteiger partial charge in [0.15, 0.2) is 0 Å². The Balaban J connectivity index is 2.32. The van der Waals surface area contributed by atoms with Gasteiger partial charge in [0.25, 0.3) is 0 Å². The van der Waals surface area contributed by atoms with E-state index in [0.29, 0.717) is 0 Å². The second-order valence-electron chi connectivity index (χ2n) is 3.37. The molecule has 0 aliphatic carbocycles. The monoisotopic (exact) mass is 200 g/mol. The lowest BCUT2D eigenvalue weighted by Gasteiger charge is -2.22. The third-order valence-corrected chi connectivity index (χ3v) is 2.37. The summed E-state index contributed by atoms with van der Waals surface area (Å²) in [6.07, 6.45) is 4.89. The molecule has 3 N–H and O–H groups in total. The van der Waals surface area contributed by atoms with Gasteiger partial charge < -0.3 is 9.47 Å². The first-order valence-electron chi connectivity index (χ1n) is 5.23. The standard InChI is InChI=1S/C10H20N2O2/c1-2-13-7-5-10(12-11)9-4-3-6-14-8-9/h8,10,12H,2-7,11H2,1H3. The van der Waals surface area contributed by atoms with E-state index in [4.69, 9.17) is 15.3 Å².